The Balaban J connectivity index is 1.44. The summed E-state index contributed by atoms with van der Waals surface area (Å²) in [7, 11) is 0. The van der Waals surface area contributed by atoms with Gasteiger partial charge in [-0.1, -0.05) is 13.0 Å². The molecule has 0 aliphatic carbocycles. The Bertz CT molecular complexity index is 729. The van der Waals surface area contributed by atoms with E-state index in [0.717, 1.165) is 24.2 Å². The van der Waals surface area contributed by atoms with E-state index < -0.39 is 0 Å². The second kappa shape index (κ2) is 6.28. The second-order valence-electron chi connectivity index (χ2n) is 6.70. The molecule has 0 saturated carbocycles. The number of hydrogen-bond acceptors (Lipinski definition) is 3. The molecular formula is C18H22N4O2. The maximum absolute atomic E-state index is 12.6. The number of anilines is 1. The monoisotopic (exact) mass is 326 g/mol. The average Bonchev–Trinajstić information content (AvgIpc) is 3.26. The van der Waals surface area contributed by atoms with Gasteiger partial charge in [0.2, 0.25) is 0 Å². The number of piperidine rings is 1. The molecule has 1 saturated heterocycles. The number of imidazole rings is 1. The molecule has 24 heavy (non-hydrogen) atoms. The standard InChI is InChI=1S/C18H22N4O2/c1-13-4-6-21(9-17(13)22-7-5-19-12-22)18(23)20-16-3-2-14-10-24-11-15(14)8-16/h2-3,5,7-8,12-13,17H,4,6,9-11H2,1H3,(H,20,23)/t13-,17-/m0/s1. The van der Waals surface area contributed by atoms with Crippen LogP contribution in [0.25, 0.3) is 0 Å². The Labute approximate surface area is 141 Å². The first kappa shape index (κ1) is 15.2. The lowest BCUT2D eigenvalue weighted by molar-refractivity contribution is 0.134. The fraction of sp³-hybridized carbons (Fsp3) is 0.444. The smallest absolute Gasteiger partial charge is 0.321 e. The zero-order valence-electron chi connectivity index (χ0n) is 13.8. The maximum atomic E-state index is 12.6. The van der Waals surface area contributed by atoms with Crippen LogP contribution in [-0.2, 0) is 18.0 Å². The molecule has 6 nitrogen and oxygen atoms in total. The summed E-state index contributed by atoms with van der Waals surface area (Å²) in [6, 6.07) is 6.24. The highest BCUT2D eigenvalue weighted by atomic mass is 16.5. The van der Waals surface area contributed by atoms with Gasteiger partial charge < -0.3 is 19.5 Å². The van der Waals surface area contributed by atoms with Crippen molar-refractivity contribution >= 4 is 11.7 Å². The van der Waals surface area contributed by atoms with E-state index >= 15 is 0 Å². The quantitative estimate of drug-likeness (QED) is 0.923. The van der Waals surface area contributed by atoms with Gasteiger partial charge in [-0.3, -0.25) is 0 Å². The number of amides is 2. The summed E-state index contributed by atoms with van der Waals surface area (Å²) < 4.78 is 7.53. The molecular weight excluding hydrogens is 304 g/mol. The predicted octanol–water partition coefficient (Wildman–Crippen LogP) is 3.03. The van der Waals surface area contributed by atoms with Gasteiger partial charge in [0, 0.05) is 31.2 Å². The molecule has 6 heteroatoms. The van der Waals surface area contributed by atoms with Crippen molar-refractivity contribution in [1.82, 2.24) is 14.5 Å². The highest BCUT2D eigenvalue weighted by Crippen LogP contribution is 2.28. The zero-order valence-corrected chi connectivity index (χ0v) is 13.8. The lowest BCUT2D eigenvalue weighted by atomic mass is 9.93. The molecule has 1 aromatic carbocycles. The van der Waals surface area contributed by atoms with Gasteiger partial charge in [0.25, 0.3) is 0 Å². The summed E-state index contributed by atoms with van der Waals surface area (Å²) in [4.78, 5) is 18.7. The largest absolute Gasteiger partial charge is 0.372 e. The van der Waals surface area contributed by atoms with E-state index in [9.17, 15) is 4.79 Å². The number of fused-ring (bicyclic) bond motifs is 1. The summed E-state index contributed by atoms with van der Waals surface area (Å²) in [5.41, 5.74) is 3.21. The van der Waals surface area contributed by atoms with Gasteiger partial charge in [-0.15, -0.1) is 0 Å². The third kappa shape index (κ3) is 2.89. The molecule has 2 aliphatic heterocycles. The average molecular weight is 326 g/mol. The number of aromatic nitrogens is 2. The number of urea groups is 1. The summed E-state index contributed by atoms with van der Waals surface area (Å²) >= 11 is 0. The molecule has 0 radical (unpaired) electrons. The van der Waals surface area contributed by atoms with Crippen LogP contribution in [0.2, 0.25) is 0 Å². The Kier molecular flexibility index (Phi) is 3.98. The highest BCUT2D eigenvalue weighted by molar-refractivity contribution is 5.89. The first-order chi connectivity index (χ1) is 11.7. The molecule has 126 valence electrons. The minimum absolute atomic E-state index is 0.0362. The van der Waals surface area contributed by atoms with Crippen molar-refractivity contribution in [1.29, 1.82) is 0 Å². The summed E-state index contributed by atoms with van der Waals surface area (Å²) in [6.07, 6.45) is 6.60. The van der Waals surface area contributed by atoms with Crippen molar-refractivity contribution in [2.45, 2.75) is 32.6 Å². The number of hydrogen-bond donors (Lipinski definition) is 1. The van der Waals surface area contributed by atoms with Crippen LogP contribution in [0.5, 0.6) is 0 Å². The third-order valence-electron chi connectivity index (χ3n) is 5.09. The number of nitrogens with zero attached hydrogens (tertiary/aromatic N) is 3. The first-order valence-corrected chi connectivity index (χ1v) is 8.43. The topological polar surface area (TPSA) is 59.4 Å². The van der Waals surface area contributed by atoms with Crippen LogP contribution in [0, 0.1) is 5.92 Å². The van der Waals surface area contributed by atoms with Gasteiger partial charge in [-0.2, -0.15) is 0 Å². The molecule has 2 amide bonds. The van der Waals surface area contributed by atoms with E-state index in [1.54, 1.807) is 6.20 Å². The van der Waals surface area contributed by atoms with E-state index in [2.05, 4.69) is 21.8 Å². The number of rotatable bonds is 2. The number of nitrogens with one attached hydrogen (secondary N) is 1. The van der Waals surface area contributed by atoms with Crippen LogP contribution in [0.4, 0.5) is 10.5 Å². The molecule has 2 aromatic rings. The van der Waals surface area contributed by atoms with Crippen LogP contribution in [0.1, 0.15) is 30.5 Å². The Hall–Kier alpha value is -2.34. The molecule has 3 heterocycles. The van der Waals surface area contributed by atoms with Crippen LogP contribution >= 0.6 is 0 Å². The van der Waals surface area contributed by atoms with Crippen molar-refractivity contribution in [3.63, 3.8) is 0 Å². The van der Waals surface area contributed by atoms with Crippen molar-refractivity contribution in [3.05, 3.63) is 48.0 Å². The summed E-state index contributed by atoms with van der Waals surface area (Å²) in [5.74, 6) is 0.528. The van der Waals surface area contributed by atoms with Crippen molar-refractivity contribution in [2.75, 3.05) is 18.4 Å². The van der Waals surface area contributed by atoms with E-state index in [1.165, 1.54) is 5.56 Å². The van der Waals surface area contributed by atoms with E-state index in [4.69, 9.17) is 4.74 Å². The zero-order chi connectivity index (χ0) is 16.5. The summed E-state index contributed by atoms with van der Waals surface area (Å²) in [6.45, 7) is 5.02. The molecule has 1 aromatic heterocycles. The van der Waals surface area contributed by atoms with Crippen molar-refractivity contribution < 1.29 is 9.53 Å². The second-order valence-corrected chi connectivity index (χ2v) is 6.70. The van der Waals surface area contributed by atoms with Crippen molar-refractivity contribution in [3.8, 4) is 0 Å². The molecule has 2 aliphatic rings. The number of carbonyl (C=O) groups is 1. The minimum atomic E-state index is -0.0362. The van der Waals surface area contributed by atoms with Gasteiger partial charge in [-0.25, -0.2) is 9.78 Å². The molecule has 0 bridgehead atoms. The van der Waals surface area contributed by atoms with E-state index in [1.807, 2.05) is 35.6 Å². The van der Waals surface area contributed by atoms with E-state index in [-0.39, 0.29) is 12.1 Å². The molecule has 1 N–H and O–H groups in total. The van der Waals surface area contributed by atoms with Gasteiger partial charge in [0.15, 0.2) is 0 Å². The van der Waals surface area contributed by atoms with E-state index in [0.29, 0.717) is 25.7 Å². The van der Waals surface area contributed by atoms with Gasteiger partial charge in [-0.05, 0) is 35.6 Å². The molecule has 0 unspecified atom stereocenters. The minimum Gasteiger partial charge on any atom is -0.372 e. The fourth-order valence-electron chi connectivity index (χ4n) is 3.54. The number of benzene rings is 1. The SMILES string of the molecule is C[C@H]1CCN(C(=O)Nc2ccc3c(c2)COC3)C[C@@H]1n1ccnc1. The lowest BCUT2D eigenvalue weighted by Crippen LogP contribution is -2.45. The fourth-order valence-corrected chi connectivity index (χ4v) is 3.54. The number of carbonyl (C=O) groups excluding carboxylic acids is 1. The maximum Gasteiger partial charge on any atom is 0.321 e. The number of ether oxygens (including phenoxy) is 1. The van der Waals surface area contributed by atoms with Crippen LogP contribution in [0.3, 0.4) is 0 Å². The van der Waals surface area contributed by atoms with Gasteiger partial charge in [0.1, 0.15) is 0 Å². The highest BCUT2D eigenvalue weighted by Gasteiger charge is 2.30. The van der Waals surface area contributed by atoms with Crippen LogP contribution < -0.4 is 5.32 Å². The predicted molar refractivity (Wildman–Crippen MR) is 90.6 cm³/mol. The lowest BCUT2D eigenvalue weighted by Gasteiger charge is -2.37. The van der Waals surface area contributed by atoms with Gasteiger partial charge in [0.05, 0.1) is 25.6 Å². The first-order valence-electron chi connectivity index (χ1n) is 8.43. The Morgan fingerprint density at radius 1 is 1.33 bits per heavy atom. The third-order valence-corrected chi connectivity index (χ3v) is 5.09. The molecule has 4 rings (SSSR count). The van der Waals surface area contributed by atoms with Gasteiger partial charge >= 0.3 is 6.03 Å². The molecule has 0 spiro atoms. The van der Waals surface area contributed by atoms with Crippen LogP contribution in [0.15, 0.2) is 36.9 Å². The molecule has 1 fully saturated rings. The Morgan fingerprint density at radius 3 is 3.04 bits per heavy atom. The number of likely N-dealkylation sites (tertiary alicyclic amines) is 1. The normalized spacial score (nSPS) is 23.1. The Morgan fingerprint density at radius 2 is 2.21 bits per heavy atom. The summed E-state index contributed by atoms with van der Waals surface area (Å²) in [5, 5.41) is 3.03. The molecule has 2 atom stereocenters. The van der Waals surface area contributed by atoms with Crippen molar-refractivity contribution in [2.24, 2.45) is 5.92 Å². The van der Waals surface area contributed by atoms with Crippen LogP contribution in [-0.4, -0.2) is 33.6 Å².